The average molecular weight is 375 g/mol. The quantitative estimate of drug-likeness (QED) is 0.538. The number of methoxy groups -OCH3 is 1. The maximum atomic E-state index is 12.2. The van der Waals surface area contributed by atoms with Crippen LogP contribution in [-0.2, 0) is 11.3 Å². The van der Waals surface area contributed by atoms with E-state index in [0.29, 0.717) is 24.2 Å². The molecule has 1 amide bonds. The second-order valence-electron chi connectivity index (χ2n) is 6.33. The van der Waals surface area contributed by atoms with E-state index in [1.54, 1.807) is 13.2 Å². The number of ether oxygens (including phenoxy) is 1. The van der Waals surface area contributed by atoms with Gasteiger partial charge in [-0.25, -0.2) is 0 Å². The van der Waals surface area contributed by atoms with Crippen molar-refractivity contribution in [2.24, 2.45) is 5.92 Å². The number of hydrogen-bond donors (Lipinski definition) is 1. The van der Waals surface area contributed by atoms with Crippen molar-refractivity contribution in [1.29, 1.82) is 0 Å². The minimum atomic E-state index is -0.259. The van der Waals surface area contributed by atoms with Crippen molar-refractivity contribution in [3.8, 4) is 17.1 Å². The number of thioether (sulfide) groups is 1. The number of aromatic nitrogens is 3. The van der Waals surface area contributed by atoms with Gasteiger partial charge in [0.15, 0.2) is 11.0 Å². The molecule has 0 aliphatic rings. The van der Waals surface area contributed by atoms with Gasteiger partial charge in [0.05, 0.1) is 12.4 Å². The summed E-state index contributed by atoms with van der Waals surface area (Å²) in [4.78, 5) is 12.2. The first-order valence-electron chi connectivity index (χ1n) is 8.59. The number of carbonyl (C=O) groups excluding carboxylic acids is 1. The molecule has 6 nitrogen and oxygen atoms in total. The van der Waals surface area contributed by atoms with Crippen LogP contribution in [0.1, 0.15) is 20.8 Å². The Kier molecular flexibility index (Phi) is 7.26. The van der Waals surface area contributed by atoms with Crippen LogP contribution in [0.15, 0.2) is 42.1 Å². The Morgan fingerprint density at radius 1 is 1.31 bits per heavy atom. The van der Waals surface area contributed by atoms with Gasteiger partial charge in [0, 0.05) is 18.7 Å². The minimum Gasteiger partial charge on any atom is -0.497 e. The van der Waals surface area contributed by atoms with E-state index in [1.807, 2.05) is 35.8 Å². The molecule has 0 saturated heterocycles. The highest BCUT2D eigenvalue weighted by Gasteiger charge is 2.20. The summed E-state index contributed by atoms with van der Waals surface area (Å²) in [5.41, 5.74) is 0.934. The van der Waals surface area contributed by atoms with Crippen molar-refractivity contribution in [2.45, 2.75) is 37.7 Å². The van der Waals surface area contributed by atoms with Crippen molar-refractivity contribution in [3.63, 3.8) is 0 Å². The molecule has 1 heterocycles. The highest BCUT2D eigenvalue weighted by Crippen LogP contribution is 2.28. The molecular formula is C19H26N4O2S. The van der Waals surface area contributed by atoms with Gasteiger partial charge in [-0.15, -0.1) is 16.8 Å². The molecule has 0 aliphatic carbocycles. The zero-order chi connectivity index (χ0) is 19.1. The van der Waals surface area contributed by atoms with Gasteiger partial charge in [-0.05, 0) is 37.1 Å². The van der Waals surface area contributed by atoms with Crippen LogP contribution in [0.5, 0.6) is 5.75 Å². The van der Waals surface area contributed by atoms with Gasteiger partial charge < -0.3 is 10.1 Å². The first-order chi connectivity index (χ1) is 12.5. The first kappa shape index (κ1) is 20.0. The number of amides is 1. The summed E-state index contributed by atoms with van der Waals surface area (Å²) in [5, 5.41) is 12.0. The number of allylic oxidation sites excluding steroid dienone is 1. The van der Waals surface area contributed by atoms with Gasteiger partial charge in [0.1, 0.15) is 5.75 Å². The normalized spacial score (nSPS) is 12.0. The van der Waals surface area contributed by atoms with E-state index in [9.17, 15) is 4.79 Å². The molecule has 2 rings (SSSR count). The number of nitrogens with one attached hydrogen (secondary N) is 1. The van der Waals surface area contributed by atoms with Gasteiger partial charge in [-0.1, -0.05) is 31.7 Å². The second kappa shape index (κ2) is 9.43. The Balaban J connectivity index is 2.19. The fourth-order valence-corrected chi connectivity index (χ4v) is 3.17. The summed E-state index contributed by atoms with van der Waals surface area (Å²) in [6, 6.07) is 7.65. The summed E-state index contributed by atoms with van der Waals surface area (Å²) in [6.07, 6.45) is 1.80. The van der Waals surface area contributed by atoms with Crippen LogP contribution in [0.4, 0.5) is 0 Å². The zero-order valence-corrected chi connectivity index (χ0v) is 16.5. The molecule has 0 bridgehead atoms. The lowest BCUT2D eigenvalue weighted by molar-refractivity contribution is -0.120. The van der Waals surface area contributed by atoms with E-state index in [4.69, 9.17) is 4.74 Å². The van der Waals surface area contributed by atoms with Crippen LogP contribution >= 0.6 is 11.8 Å². The van der Waals surface area contributed by atoms with Crippen LogP contribution in [0.25, 0.3) is 11.4 Å². The SMILES string of the molecule is C=CCn1c(S[C@H](C)C(=O)NCC(C)C)nnc1-c1ccc(OC)cc1. The van der Waals surface area contributed by atoms with Gasteiger partial charge >= 0.3 is 0 Å². The van der Waals surface area contributed by atoms with E-state index in [1.165, 1.54) is 11.8 Å². The monoisotopic (exact) mass is 374 g/mol. The molecular weight excluding hydrogens is 348 g/mol. The number of nitrogens with zero attached hydrogens (tertiary/aromatic N) is 3. The largest absolute Gasteiger partial charge is 0.497 e. The topological polar surface area (TPSA) is 69.0 Å². The molecule has 0 radical (unpaired) electrons. The number of benzene rings is 1. The maximum absolute atomic E-state index is 12.2. The Bertz CT molecular complexity index is 740. The molecule has 0 fully saturated rings. The van der Waals surface area contributed by atoms with Crippen LogP contribution in [0.2, 0.25) is 0 Å². The summed E-state index contributed by atoms with van der Waals surface area (Å²) in [6.45, 7) is 11.1. The lowest BCUT2D eigenvalue weighted by Crippen LogP contribution is -2.33. The highest BCUT2D eigenvalue weighted by molar-refractivity contribution is 8.00. The molecule has 1 atom stereocenters. The van der Waals surface area contributed by atoms with E-state index in [-0.39, 0.29) is 11.2 Å². The molecule has 7 heteroatoms. The summed E-state index contributed by atoms with van der Waals surface area (Å²) in [7, 11) is 1.63. The molecule has 26 heavy (non-hydrogen) atoms. The Morgan fingerprint density at radius 3 is 2.58 bits per heavy atom. The van der Waals surface area contributed by atoms with Gasteiger partial charge in [0.25, 0.3) is 0 Å². The minimum absolute atomic E-state index is 0.00264. The predicted molar refractivity (Wildman–Crippen MR) is 105 cm³/mol. The van der Waals surface area contributed by atoms with Crippen molar-refractivity contribution >= 4 is 17.7 Å². The van der Waals surface area contributed by atoms with Crippen LogP contribution in [-0.4, -0.2) is 39.6 Å². The smallest absolute Gasteiger partial charge is 0.233 e. The third-order valence-corrected chi connectivity index (χ3v) is 4.79. The van der Waals surface area contributed by atoms with Crippen LogP contribution in [0, 0.1) is 5.92 Å². The van der Waals surface area contributed by atoms with Gasteiger partial charge in [-0.2, -0.15) is 0 Å². The molecule has 0 spiro atoms. The summed E-state index contributed by atoms with van der Waals surface area (Å²) in [5.74, 6) is 1.95. The predicted octanol–water partition coefficient (Wildman–Crippen LogP) is 3.39. The second-order valence-corrected chi connectivity index (χ2v) is 7.64. The third-order valence-electron chi connectivity index (χ3n) is 3.71. The molecule has 0 saturated carbocycles. The summed E-state index contributed by atoms with van der Waals surface area (Å²) >= 11 is 1.40. The number of rotatable bonds is 9. The van der Waals surface area contributed by atoms with Gasteiger partial charge in [-0.3, -0.25) is 9.36 Å². The Hall–Kier alpha value is -2.28. The standard InChI is InChI=1S/C19H26N4O2S/c1-6-11-23-17(15-7-9-16(25-5)10-8-15)21-22-19(23)26-14(4)18(24)20-12-13(2)3/h6-10,13-14H,1,11-12H2,2-5H3,(H,20,24)/t14-/m1/s1. The molecule has 1 aromatic carbocycles. The molecule has 1 N–H and O–H groups in total. The van der Waals surface area contributed by atoms with E-state index in [0.717, 1.165) is 17.1 Å². The number of carbonyl (C=O) groups is 1. The lowest BCUT2D eigenvalue weighted by atomic mass is 10.2. The average Bonchev–Trinajstić information content (AvgIpc) is 3.02. The highest BCUT2D eigenvalue weighted by atomic mass is 32.2. The molecule has 0 aliphatic heterocycles. The van der Waals surface area contributed by atoms with Crippen molar-refractivity contribution in [1.82, 2.24) is 20.1 Å². The van der Waals surface area contributed by atoms with E-state index >= 15 is 0 Å². The van der Waals surface area contributed by atoms with Crippen LogP contribution < -0.4 is 10.1 Å². The number of hydrogen-bond acceptors (Lipinski definition) is 5. The Labute approximate surface area is 159 Å². The molecule has 1 aromatic heterocycles. The summed E-state index contributed by atoms with van der Waals surface area (Å²) < 4.78 is 7.16. The van der Waals surface area contributed by atoms with Gasteiger partial charge in [0.2, 0.25) is 5.91 Å². The molecule has 140 valence electrons. The lowest BCUT2D eigenvalue weighted by Gasteiger charge is -2.14. The van der Waals surface area contributed by atoms with Crippen molar-refractivity contribution < 1.29 is 9.53 Å². The Morgan fingerprint density at radius 2 is 2.00 bits per heavy atom. The maximum Gasteiger partial charge on any atom is 0.233 e. The van der Waals surface area contributed by atoms with E-state index in [2.05, 4.69) is 35.9 Å². The van der Waals surface area contributed by atoms with Crippen LogP contribution in [0.3, 0.4) is 0 Å². The molecule has 0 unspecified atom stereocenters. The first-order valence-corrected chi connectivity index (χ1v) is 9.47. The fourth-order valence-electron chi connectivity index (χ4n) is 2.28. The third kappa shape index (κ3) is 5.11. The van der Waals surface area contributed by atoms with Crippen molar-refractivity contribution in [3.05, 3.63) is 36.9 Å². The van der Waals surface area contributed by atoms with E-state index < -0.39 is 0 Å². The molecule has 2 aromatic rings. The van der Waals surface area contributed by atoms with Crippen molar-refractivity contribution in [2.75, 3.05) is 13.7 Å². The zero-order valence-electron chi connectivity index (χ0n) is 15.7. The fraction of sp³-hybridized carbons (Fsp3) is 0.421.